The first-order valence-corrected chi connectivity index (χ1v) is 12.8. The van der Waals surface area contributed by atoms with Crippen molar-refractivity contribution in [2.75, 3.05) is 39.2 Å². The maximum absolute atomic E-state index is 13.5. The van der Waals surface area contributed by atoms with Crippen LogP contribution in [0.15, 0.2) is 42.6 Å². The minimum Gasteiger partial charge on any atom is -0.495 e. The Morgan fingerprint density at radius 1 is 0.973 bits per heavy atom. The second-order valence-corrected chi connectivity index (χ2v) is 9.05. The van der Waals surface area contributed by atoms with Crippen molar-refractivity contribution in [3.8, 4) is 11.5 Å². The summed E-state index contributed by atoms with van der Waals surface area (Å²) in [4.78, 5) is 28.6. The van der Waals surface area contributed by atoms with Crippen molar-refractivity contribution in [3.05, 3.63) is 59.4 Å². The number of carbonyl (C=O) groups excluding carboxylic acids is 2. The van der Waals surface area contributed by atoms with Crippen LogP contribution < -0.4 is 14.8 Å². The van der Waals surface area contributed by atoms with E-state index in [0.29, 0.717) is 34.9 Å². The molecule has 0 aliphatic carbocycles. The molecule has 8 heteroatoms. The van der Waals surface area contributed by atoms with Crippen LogP contribution in [0.25, 0.3) is 5.52 Å². The van der Waals surface area contributed by atoms with Crippen LogP contribution in [0, 0.1) is 6.92 Å². The lowest BCUT2D eigenvalue weighted by molar-refractivity contribution is -0.116. The van der Waals surface area contributed by atoms with Gasteiger partial charge in [-0.1, -0.05) is 32.8 Å². The number of methoxy groups -OCH3 is 2. The number of amides is 1. The number of pyridine rings is 1. The van der Waals surface area contributed by atoms with E-state index in [2.05, 4.69) is 24.1 Å². The molecule has 0 unspecified atom stereocenters. The van der Waals surface area contributed by atoms with E-state index < -0.39 is 0 Å². The third-order valence-electron chi connectivity index (χ3n) is 6.50. The number of aromatic nitrogens is 1. The lowest BCUT2D eigenvalue weighted by atomic mass is 10.0. The number of fused-ring (bicyclic) bond motifs is 1. The molecule has 7 nitrogen and oxygen atoms in total. The molecule has 0 bridgehead atoms. The Labute approximate surface area is 226 Å². The molecule has 0 aliphatic rings. The van der Waals surface area contributed by atoms with Gasteiger partial charge >= 0.3 is 0 Å². The van der Waals surface area contributed by atoms with E-state index >= 15 is 0 Å². The Hall–Kier alpha value is -3.03. The van der Waals surface area contributed by atoms with Crippen LogP contribution in [-0.4, -0.2) is 54.8 Å². The molecular weight excluding hydrogens is 490 g/mol. The number of ketones is 1. The van der Waals surface area contributed by atoms with E-state index in [4.69, 9.17) is 9.47 Å². The fourth-order valence-corrected chi connectivity index (χ4v) is 4.48. The molecule has 1 amide bonds. The lowest BCUT2D eigenvalue weighted by Gasteiger charge is -2.21. The molecule has 2 heterocycles. The molecule has 3 rings (SSSR count). The van der Waals surface area contributed by atoms with Gasteiger partial charge in [0.05, 0.1) is 25.4 Å². The van der Waals surface area contributed by atoms with Crippen molar-refractivity contribution in [1.82, 2.24) is 9.30 Å². The van der Waals surface area contributed by atoms with Gasteiger partial charge in [-0.2, -0.15) is 0 Å². The third kappa shape index (κ3) is 7.27. The highest BCUT2D eigenvalue weighted by Crippen LogP contribution is 2.33. The van der Waals surface area contributed by atoms with Crippen molar-refractivity contribution < 1.29 is 19.1 Å². The van der Waals surface area contributed by atoms with Crippen molar-refractivity contribution >= 4 is 35.3 Å². The van der Waals surface area contributed by atoms with Crippen molar-refractivity contribution in [2.45, 2.75) is 52.9 Å². The van der Waals surface area contributed by atoms with Gasteiger partial charge in [0, 0.05) is 30.3 Å². The maximum Gasteiger partial charge on any atom is 0.225 e. The maximum atomic E-state index is 13.5. The van der Waals surface area contributed by atoms with Crippen LogP contribution in [0.3, 0.4) is 0 Å². The highest BCUT2D eigenvalue weighted by molar-refractivity contribution is 6.11. The number of hydrogen-bond acceptors (Lipinski definition) is 5. The number of ether oxygens (including phenoxy) is 2. The van der Waals surface area contributed by atoms with Gasteiger partial charge in [-0.3, -0.25) is 9.59 Å². The number of unbranched alkanes of at least 4 members (excludes halogenated alkanes) is 2. The quantitative estimate of drug-likeness (QED) is 0.254. The summed E-state index contributed by atoms with van der Waals surface area (Å²) in [7, 11) is 3.15. The van der Waals surface area contributed by atoms with E-state index in [0.717, 1.165) is 56.4 Å². The van der Waals surface area contributed by atoms with Crippen molar-refractivity contribution in [2.24, 2.45) is 0 Å². The first-order chi connectivity index (χ1) is 17.4. The van der Waals surface area contributed by atoms with Crippen LogP contribution in [0.4, 0.5) is 5.69 Å². The zero-order valence-electron chi connectivity index (χ0n) is 22.6. The highest BCUT2D eigenvalue weighted by Gasteiger charge is 2.23. The summed E-state index contributed by atoms with van der Waals surface area (Å²) in [5, 5.41) is 2.96. The molecule has 0 atom stereocenters. The van der Waals surface area contributed by atoms with Crippen LogP contribution >= 0.6 is 12.4 Å². The number of rotatable bonds is 14. The zero-order valence-corrected chi connectivity index (χ0v) is 23.5. The minimum absolute atomic E-state index is 0. The Kier molecular flexibility index (Phi) is 12.0. The van der Waals surface area contributed by atoms with Gasteiger partial charge in [0.2, 0.25) is 11.7 Å². The summed E-state index contributed by atoms with van der Waals surface area (Å²) in [6, 6.07) is 10.9. The van der Waals surface area contributed by atoms with Gasteiger partial charge in [0.1, 0.15) is 17.2 Å². The van der Waals surface area contributed by atoms with Gasteiger partial charge in [-0.05, 0) is 63.2 Å². The third-order valence-corrected chi connectivity index (χ3v) is 6.50. The fourth-order valence-electron chi connectivity index (χ4n) is 4.48. The van der Waals surface area contributed by atoms with Crippen molar-refractivity contribution in [1.29, 1.82) is 0 Å². The number of anilines is 1. The van der Waals surface area contributed by atoms with E-state index in [-0.39, 0.29) is 24.1 Å². The van der Waals surface area contributed by atoms with Gasteiger partial charge in [0.25, 0.3) is 0 Å². The average Bonchev–Trinajstić information content (AvgIpc) is 3.18. The number of carbonyl (C=O) groups is 2. The predicted octanol–water partition coefficient (Wildman–Crippen LogP) is 6.15. The molecule has 0 saturated heterocycles. The molecule has 0 fully saturated rings. The minimum atomic E-state index is -0.143. The molecule has 202 valence electrons. The highest BCUT2D eigenvalue weighted by atomic mass is 35.5. The zero-order chi connectivity index (χ0) is 26.1. The normalized spacial score (nSPS) is 10.9. The van der Waals surface area contributed by atoms with Crippen molar-refractivity contribution in [3.63, 3.8) is 0 Å². The van der Waals surface area contributed by atoms with E-state index in [1.165, 1.54) is 7.11 Å². The van der Waals surface area contributed by atoms with Crippen LogP contribution in [-0.2, 0) is 4.79 Å². The molecule has 37 heavy (non-hydrogen) atoms. The molecular formula is C29H40ClN3O4. The Balaban J connectivity index is 0.00000481. The molecule has 0 aliphatic heterocycles. The van der Waals surface area contributed by atoms with E-state index in [9.17, 15) is 9.59 Å². The summed E-state index contributed by atoms with van der Waals surface area (Å²) in [5.41, 5.74) is 3.19. The number of hydrogen-bond donors (Lipinski definition) is 1. The summed E-state index contributed by atoms with van der Waals surface area (Å²) in [6.45, 7) is 9.01. The molecule has 1 N–H and O–H groups in total. The SMILES string of the molecule is CCCCN(CCCC)CCC(=O)Nc1ccc(C(=O)c2c(C)c(OC)c3ccccn23)cc1OC.Cl. The van der Waals surface area contributed by atoms with Gasteiger partial charge in [-0.25, -0.2) is 0 Å². The summed E-state index contributed by atoms with van der Waals surface area (Å²) >= 11 is 0. The molecule has 1 aromatic carbocycles. The molecule has 3 aromatic rings. The monoisotopic (exact) mass is 529 g/mol. The lowest BCUT2D eigenvalue weighted by Crippen LogP contribution is -2.30. The smallest absolute Gasteiger partial charge is 0.225 e. The Morgan fingerprint density at radius 3 is 2.30 bits per heavy atom. The molecule has 0 spiro atoms. The second-order valence-electron chi connectivity index (χ2n) is 9.05. The van der Waals surface area contributed by atoms with Gasteiger partial charge < -0.3 is 24.1 Å². The molecule has 0 saturated carbocycles. The first-order valence-electron chi connectivity index (χ1n) is 12.8. The van der Waals surface area contributed by atoms with Crippen LogP contribution in [0.1, 0.15) is 67.6 Å². The van der Waals surface area contributed by atoms with E-state index in [1.807, 2.05) is 35.7 Å². The number of halogens is 1. The number of benzene rings is 1. The van der Waals surface area contributed by atoms with E-state index in [1.54, 1.807) is 25.3 Å². The first kappa shape index (κ1) is 30.2. The summed E-state index contributed by atoms with van der Waals surface area (Å²) in [5.74, 6) is 0.925. The Morgan fingerprint density at radius 2 is 1.68 bits per heavy atom. The standard InChI is InChI=1S/C29H39N3O4.ClH/c1-6-8-16-31(17-9-7-2)19-15-26(33)30-23-14-13-22(20-25(23)35-4)28(34)27-21(3)29(36-5)24-12-10-11-18-32(24)27;/h10-14,18,20H,6-9,15-17,19H2,1-5H3,(H,30,33);1H. The summed E-state index contributed by atoms with van der Waals surface area (Å²) in [6.07, 6.45) is 6.82. The molecule has 2 aromatic heterocycles. The second kappa shape index (κ2) is 14.6. The predicted molar refractivity (Wildman–Crippen MR) is 152 cm³/mol. The van der Waals surface area contributed by atoms with Gasteiger partial charge in [0.15, 0.2) is 0 Å². The number of nitrogens with zero attached hydrogens (tertiary/aromatic N) is 2. The van der Waals surface area contributed by atoms with Crippen LogP contribution in [0.2, 0.25) is 0 Å². The molecule has 0 radical (unpaired) electrons. The largest absolute Gasteiger partial charge is 0.495 e. The average molecular weight is 530 g/mol. The number of nitrogens with one attached hydrogen (secondary N) is 1. The fraction of sp³-hybridized carbons (Fsp3) is 0.448. The van der Waals surface area contributed by atoms with Gasteiger partial charge in [-0.15, -0.1) is 12.4 Å². The summed E-state index contributed by atoms with van der Waals surface area (Å²) < 4.78 is 13.0. The van der Waals surface area contributed by atoms with Crippen LogP contribution in [0.5, 0.6) is 11.5 Å². The Bertz CT molecular complexity index is 1180. The topological polar surface area (TPSA) is 72.3 Å².